The maximum atomic E-state index is 10.7. The summed E-state index contributed by atoms with van der Waals surface area (Å²) in [6, 6.07) is 0. The Morgan fingerprint density at radius 3 is 2.64 bits per heavy atom. The Morgan fingerprint density at radius 2 is 2.45 bits per heavy atom. The monoisotopic (exact) mass is 173 g/mol. The molecule has 1 heterocycles. The lowest BCUT2D eigenvalue weighted by Gasteiger charge is -2.23. The van der Waals surface area contributed by atoms with Gasteiger partial charge in [-0.2, -0.15) is 0 Å². The summed E-state index contributed by atoms with van der Waals surface area (Å²) >= 11 is 1.19. The zero-order valence-corrected chi connectivity index (χ0v) is 7.31. The first kappa shape index (κ1) is 8.62. The van der Waals surface area contributed by atoms with Gasteiger partial charge in [-0.05, 0) is 12.3 Å². The van der Waals surface area contributed by atoms with Crippen LogP contribution in [0.3, 0.4) is 0 Å². The number of carboxylic acid groups (broad SMARTS) is 1. The molecule has 1 rings (SSSR count). The quantitative estimate of drug-likeness (QED) is 0.621. The van der Waals surface area contributed by atoms with E-state index in [1.165, 1.54) is 11.8 Å². The number of hydrogen-bond donors (Lipinski definition) is 2. The zero-order chi connectivity index (χ0) is 8.65. The van der Waals surface area contributed by atoms with Crippen LogP contribution < -0.4 is 5.73 Å². The van der Waals surface area contributed by atoms with Crippen molar-refractivity contribution in [1.82, 2.24) is 0 Å². The number of nitrogens with two attached hydrogens (primary N) is 1. The highest BCUT2D eigenvalue weighted by Gasteiger charge is 2.44. The van der Waals surface area contributed by atoms with Crippen LogP contribution in [0.15, 0.2) is 11.0 Å². The third-order valence-electron chi connectivity index (χ3n) is 2.10. The van der Waals surface area contributed by atoms with Gasteiger partial charge in [0.05, 0.1) is 0 Å². The Bertz CT molecular complexity index is 226. The molecule has 0 aromatic heterocycles. The Balaban J connectivity index is 2.88. The first-order valence-corrected chi connectivity index (χ1v) is 4.23. The molecule has 4 heteroatoms. The summed E-state index contributed by atoms with van der Waals surface area (Å²) in [4.78, 5) is 9.57. The standard InChI is InChI=1S/C7H11NO2S/c1-4-3-11-7(8,5(4)2)6(9)10/h3,5H,8H2,1-2H3,(H,9,10). The van der Waals surface area contributed by atoms with Crippen LogP contribution in [-0.4, -0.2) is 15.9 Å². The normalized spacial score (nSPS) is 37.0. The average Bonchev–Trinajstić information content (AvgIpc) is 2.18. The Hall–Kier alpha value is -0.480. The van der Waals surface area contributed by atoms with Gasteiger partial charge in [-0.25, -0.2) is 4.79 Å². The minimum atomic E-state index is -1.13. The molecule has 0 fully saturated rings. The molecule has 0 bridgehead atoms. The number of rotatable bonds is 1. The van der Waals surface area contributed by atoms with Crippen molar-refractivity contribution in [2.45, 2.75) is 18.7 Å². The summed E-state index contributed by atoms with van der Waals surface area (Å²) in [7, 11) is 0. The van der Waals surface area contributed by atoms with Gasteiger partial charge in [0.2, 0.25) is 0 Å². The zero-order valence-electron chi connectivity index (χ0n) is 6.50. The number of aliphatic carboxylic acids is 1. The first-order chi connectivity index (χ1) is 4.98. The molecule has 3 nitrogen and oxygen atoms in total. The van der Waals surface area contributed by atoms with Crippen LogP contribution in [0.4, 0.5) is 0 Å². The predicted molar refractivity (Wildman–Crippen MR) is 45.1 cm³/mol. The Kier molecular flexibility index (Phi) is 1.98. The number of thioether (sulfide) groups is 1. The molecule has 1 aliphatic heterocycles. The van der Waals surface area contributed by atoms with Crippen molar-refractivity contribution in [3.63, 3.8) is 0 Å². The molecule has 11 heavy (non-hydrogen) atoms. The van der Waals surface area contributed by atoms with Gasteiger partial charge in [-0.15, -0.1) is 0 Å². The third-order valence-corrected chi connectivity index (χ3v) is 3.51. The second kappa shape index (κ2) is 2.53. The van der Waals surface area contributed by atoms with E-state index >= 15 is 0 Å². The number of carbonyl (C=O) groups is 1. The molecule has 0 radical (unpaired) electrons. The van der Waals surface area contributed by atoms with Crippen molar-refractivity contribution in [3.05, 3.63) is 11.0 Å². The maximum absolute atomic E-state index is 10.7. The second-order valence-corrected chi connectivity index (χ2v) is 3.95. The predicted octanol–water partition coefficient (Wildman–Crippen LogP) is 1.01. The molecule has 2 atom stereocenters. The average molecular weight is 173 g/mol. The van der Waals surface area contributed by atoms with Crippen LogP contribution in [-0.2, 0) is 4.79 Å². The molecule has 0 aliphatic carbocycles. The third kappa shape index (κ3) is 1.16. The van der Waals surface area contributed by atoms with Gasteiger partial charge in [0.1, 0.15) is 0 Å². The van der Waals surface area contributed by atoms with Crippen LogP contribution in [0.1, 0.15) is 13.8 Å². The van der Waals surface area contributed by atoms with Crippen molar-refractivity contribution < 1.29 is 9.90 Å². The van der Waals surface area contributed by atoms with Crippen LogP contribution in [0.25, 0.3) is 0 Å². The molecule has 0 aromatic rings. The van der Waals surface area contributed by atoms with Crippen LogP contribution in [0.2, 0.25) is 0 Å². The molecule has 3 N–H and O–H groups in total. The van der Waals surface area contributed by atoms with E-state index in [1.807, 2.05) is 19.3 Å². The van der Waals surface area contributed by atoms with Crippen molar-refractivity contribution in [2.24, 2.45) is 11.7 Å². The topological polar surface area (TPSA) is 63.3 Å². The second-order valence-electron chi connectivity index (χ2n) is 2.80. The van der Waals surface area contributed by atoms with E-state index < -0.39 is 10.8 Å². The highest BCUT2D eigenvalue weighted by molar-refractivity contribution is 8.04. The molecular formula is C7H11NO2S. The van der Waals surface area contributed by atoms with Crippen LogP contribution in [0.5, 0.6) is 0 Å². The van der Waals surface area contributed by atoms with E-state index in [9.17, 15) is 4.79 Å². The fourth-order valence-electron chi connectivity index (χ4n) is 0.968. The molecule has 1 aliphatic rings. The van der Waals surface area contributed by atoms with Gasteiger partial charge in [0, 0.05) is 5.92 Å². The summed E-state index contributed by atoms with van der Waals surface area (Å²) in [6.07, 6.45) is 0. The van der Waals surface area contributed by atoms with Gasteiger partial charge < -0.3 is 10.8 Å². The molecule has 0 saturated carbocycles. The van der Waals surface area contributed by atoms with Crippen molar-refractivity contribution in [1.29, 1.82) is 0 Å². The minimum Gasteiger partial charge on any atom is -0.479 e. The minimum absolute atomic E-state index is 0.0787. The molecule has 0 amide bonds. The van der Waals surface area contributed by atoms with E-state index in [-0.39, 0.29) is 5.92 Å². The highest BCUT2D eigenvalue weighted by Crippen LogP contribution is 2.41. The van der Waals surface area contributed by atoms with E-state index in [1.54, 1.807) is 0 Å². The largest absolute Gasteiger partial charge is 0.479 e. The Morgan fingerprint density at radius 1 is 1.91 bits per heavy atom. The van der Waals surface area contributed by atoms with Crippen molar-refractivity contribution >= 4 is 17.7 Å². The lowest BCUT2D eigenvalue weighted by atomic mass is 9.96. The Labute approximate surface area is 69.7 Å². The smallest absolute Gasteiger partial charge is 0.335 e. The van der Waals surface area contributed by atoms with E-state index in [0.29, 0.717) is 0 Å². The summed E-state index contributed by atoms with van der Waals surface area (Å²) in [5.41, 5.74) is 6.69. The fourth-order valence-corrected chi connectivity index (χ4v) is 2.04. The molecule has 0 spiro atoms. The van der Waals surface area contributed by atoms with Crippen LogP contribution in [0, 0.1) is 5.92 Å². The molecular weight excluding hydrogens is 162 g/mol. The molecule has 0 aromatic carbocycles. The summed E-state index contributed by atoms with van der Waals surface area (Å²) in [5, 5.41) is 10.6. The van der Waals surface area contributed by atoms with E-state index in [4.69, 9.17) is 10.8 Å². The van der Waals surface area contributed by atoms with E-state index in [0.717, 1.165) is 5.57 Å². The van der Waals surface area contributed by atoms with E-state index in [2.05, 4.69) is 0 Å². The van der Waals surface area contributed by atoms with Gasteiger partial charge in [0.25, 0.3) is 0 Å². The van der Waals surface area contributed by atoms with Gasteiger partial charge in [-0.3, -0.25) is 0 Å². The highest BCUT2D eigenvalue weighted by atomic mass is 32.2. The number of carboxylic acids is 1. The summed E-state index contributed by atoms with van der Waals surface area (Å²) < 4.78 is 0. The van der Waals surface area contributed by atoms with Gasteiger partial charge in [0.15, 0.2) is 4.87 Å². The first-order valence-electron chi connectivity index (χ1n) is 3.35. The van der Waals surface area contributed by atoms with Gasteiger partial charge in [-0.1, -0.05) is 24.3 Å². The van der Waals surface area contributed by atoms with Crippen molar-refractivity contribution in [2.75, 3.05) is 0 Å². The maximum Gasteiger partial charge on any atom is 0.335 e. The number of hydrogen-bond acceptors (Lipinski definition) is 3. The summed E-state index contributed by atoms with van der Waals surface area (Å²) in [5.74, 6) is -1.02. The molecule has 62 valence electrons. The molecule has 0 saturated heterocycles. The summed E-state index contributed by atoms with van der Waals surface area (Å²) in [6.45, 7) is 3.73. The lowest BCUT2D eigenvalue weighted by Crippen LogP contribution is -2.48. The SMILES string of the molecule is CC1=CSC(N)(C(=O)O)C1C. The van der Waals surface area contributed by atoms with Gasteiger partial charge >= 0.3 is 5.97 Å². The fraction of sp³-hybridized carbons (Fsp3) is 0.571. The van der Waals surface area contributed by atoms with Crippen molar-refractivity contribution in [3.8, 4) is 0 Å². The molecule has 2 unspecified atom stereocenters. The lowest BCUT2D eigenvalue weighted by molar-refractivity contribution is -0.140. The van der Waals surface area contributed by atoms with Crippen LogP contribution >= 0.6 is 11.8 Å².